The highest BCUT2D eigenvalue weighted by molar-refractivity contribution is 6.22. The van der Waals surface area contributed by atoms with Gasteiger partial charge in [0.2, 0.25) is 0 Å². The summed E-state index contributed by atoms with van der Waals surface area (Å²) in [5.41, 5.74) is 4.52. The van der Waals surface area contributed by atoms with Crippen molar-refractivity contribution in [3.8, 4) is 5.88 Å². The number of aromatic amines is 1. The lowest BCUT2D eigenvalue weighted by Gasteiger charge is -2.14. The molecule has 0 saturated carbocycles. The predicted octanol–water partition coefficient (Wildman–Crippen LogP) is 4.74. The number of benzene rings is 3. The number of hydrogen-bond donors (Lipinski definition) is 3. The van der Waals surface area contributed by atoms with Crippen LogP contribution in [-0.4, -0.2) is 57.9 Å². The molecule has 1 aromatic heterocycles. The molecule has 184 valence electrons. The van der Waals surface area contributed by atoms with Gasteiger partial charge in [-0.05, 0) is 43.8 Å². The summed E-state index contributed by atoms with van der Waals surface area (Å²) >= 11 is 0. The standard InChI is InChI=1S/C28H27N3O5/c1-3-36-28(35)20-11-14-22-23(15-20)30-27(34)25(22)26(19-7-5-4-6-8-19)29-21-12-9-18(10-13-21)16-31(2)17-24(32)33/h4-15,30,34H,3,16-17H2,1-2H3,(H,32,33). The Morgan fingerprint density at radius 2 is 1.72 bits per heavy atom. The van der Waals surface area contributed by atoms with Gasteiger partial charge in [-0.25, -0.2) is 9.79 Å². The number of rotatable bonds is 9. The molecule has 8 heteroatoms. The SMILES string of the molecule is CCOC(=O)c1ccc2c(C(=Nc3ccc(CN(C)CC(=O)O)cc3)c3ccccc3)c(O)[nH]c2c1. The van der Waals surface area contributed by atoms with Gasteiger partial charge in [-0.3, -0.25) is 9.69 Å². The number of aliphatic carboxylic acids is 1. The van der Waals surface area contributed by atoms with Crippen LogP contribution in [0.5, 0.6) is 5.88 Å². The molecule has 0 fully saturated rings. The second kappa shape index (κ2) is 10.9. The van der Waals surface area contributed by atoms with Crippen LogP contribution in [0.4, 0.5) is 5.69 Å². The van der Waals surface area contributed by atoms with E-state index < -0.39 is 11.9 Å². The summed E-state index contributed by atoms with van der Waals surface area (Å²) in [5.74, 6) is -1.36. The third-order valence-electron chi connectivity index (χ3n) is 5.61. The van der Waals surface area contributed by atoms with Crippen molar-refractivity contribution in [2.75, 3.05) is 20.2 Å². The highest BCUT2D eigenvalue weighted by Gasteiger charge is 2.20. The number of aromatic hydroxyl groups is 1. The Labute approximate surface area is 208 Å². The van der Waals surface area contributed by atoms with Crippen LogP contribution >= 0.6 is 0 Å². The maximum Gasteiger partial charge on any atom is 0.338 e. The average Bonchev–Trinajstić information content (AvgIpc) is 3.18. The molecule has 8 nitrogen and oxygen atoms in total. The lowest BCUT2D eigenvalue weighted by molar-refractivity contribution is -0.138. The highest BCUT2D eigenvalue weighted by atomic mass is 16.5. The molecule has 1 heterocycles. The minimum Gasteiger partial charge on any atom is -0.494 e. The van der Waals surface area contributed by atoms with Gasteiger partial charge < -0.3 is 19.9 Å². The van der Waals surface area contributed by atoms with Crippen molar-refractivity contribution in [3.63, 3.8) is 0 Å². The second-order valence-corrected chi connectivity index (χ2v) is 8.39. The lowest BCUT2D eigenvalue weighted by Crippen LogP contribution is -2.24. The second-order valence-electron chi connectivity index (χ2n) is 8.39. The average molecular weight is 486 g/mol. The molecule has 0 unspecified atom stereocenters. The number of fused-ring (bicyclic) bond motifs is 1. The van der Waals surface area contributed by atoms with Crippen molar-refractivity contribution >= 4 is 34.2 Å². The fourth-order valence-electron chi connectivity index (χ4n) is 4.03. The first-order valence-corrected chi connectivity index (χ1v) is 11.5. The summed E-state index contributed by atoms with van der Waals surface area (Å²) in [6.07, 6.45) is 0. The number of aliphatic imine (C=N–C) groups is 1. The van der Waals surface area contributed by atoms with Gasteiger partial charge in [-0.1, -0.05) is 48.5 Å². The highest BCUT2D eigenvalue weighted by Crippen LogP contribution is 2.32. The third-order valence-corrected chi connectivity index (χ3v) is 5.61. The van der Waals surface area contributed by atoms with E-state index in [-0.39, 0.29) is 19.0 Å². The smallest absolute Gasteiger partial charge is 0.338 e. The summed E-state index contributed by atoms with van der Waals surface area (Å²) < 4.78 is 5.09. The fraction of sp³-hybridized carbons (Fsp3) is 0.179. The summed E-state index contributed by atoms with van der Waals surface area (Å²) in [5, 5.41) is 20.6. The van der Waals surface area contributed by atoms with Gasteiger partial charge in [0.25, 0.3) is 0 Å². The zero-order valence-corrected chi connectivity index (χ0v) is 20.1. The quantitative estimate of drug-likeness (QED) is 0.233. The van der Waals surface area contributed by atoms with E-state index in [2.05, 4.69) is 4.98 Å². The van der Waals surface area contributed by atoms with Crippen LogP contribution < -0.4 is 0 Å². The molecule has 0 aliphatic heterocycles. The number of H-pyrrole nitrogens is 1. The molecule has 0 spiro atoms. The Morgan fingerprint density at radius 3 is 2.39 bits per heavy atom. The molecule has 4 rings (SSSR count). The van der Waals surface area contributed by atoms with E-state index in [4.69, 9.17) is 14.8 Å². The number of hydrogen-bond acceptors (Lipinski definition) is 6. The van der Waals surface area contributed by atoms with Gasteiger partial charge in [0.15, 0.2) is 5.88 Å². The number of ether oxygens (including phenoxy) is 1. The number of esters is 1. The number of aromatic nitrogens is 1. The number of likely N-dealkylation sites (N-methyl/N-ethyl adjacent to an activating group) is 1. The van der Waals surface area contributed by atoms with E-state index in [9.17, 15) is 14.7 Å². The van der Waals surface area contributed by atoms with E-state index >= 15 is 0 Å². The van der Waals surface area contributed by atoms with E-state index in [1.54, 1.807) is 37.1 Å². The van der Waals surface area contributed by atoms with E-state index in [0.717, 1.165) is 16.5 Å². The molecule has 0 atom stereocenters. The topological polar surface area (TPSA) is 115 Å². The minimum absolute atomic E-state index is 0.0459. The Kier molecular flexibility index (Phi) is 7.46. The van der Waals surface area contributed by atoms with Crippen LogP contribution in [0.15, 0.2) is 77.8 Å². The largest absolute Gasteiger partial charge is 0.494 e. The number of carboxylic acid groups (broad SMARTS) is 1. The van der Waals surface area contributed by atoms with Crippen LogP contribution in [0.3, 0.4) is 0 Å². The van der Waals surface area contributed by atoms with Crippen LogP contribution in [0.1, 0.15) is 34.0 Å². The first kappa shape index (κ1) is 24.7. The van der Waals surface area contributed by atoms with E-state index in [0.29, 0.717) is 34.6 Å². The van der Waals surface area contributed by atoms with Crippen LogP contribution in [0.2, 0.25) is 0 Å². The number of carbonyl (C=O) groups is 2. The summed E-state index contributed by atoms with van der Waals surface area (Å²) in [7, 11) is 1.75. The number of nitrogens with one attached hydrogen (secondary N) is 1. The summed E-state index contributed by atoms with van der Waals surface area (Å²) in [4.78, 5) is 32.6. The molecule has 36 heavy (non-hydrogen) atoms. The van der Waals surface area contributed by atoms with Gasteiger partial charge in [0.05, 0.1) is 35.7 Å². The Hall–Kier alpha value is -4.43. The molecule has 0 bridgehead atoms. The molecule has 3 aromatic carbocycles. The first-order chi connectivity index (χ1) is 17.4. The van der Waals surface area contributed by atoms with E-state index in [1.807, 2.05) is 54.6 Å². The van der Waals surface area contributed by atoms with Crippen LogP contribution in [-0.2, 0) is 16.1 Å². The molecule has 0 radical (unpaired) electrons. The van der Waals surface area contributed by atoms with Gasteiger partial charge in [-0.15, -0.1) is 0 Å². The van der Waals surface area contributed by atoms with Gasteiger partial charge in [0, 0.05) is 23.0 Å². The van der Waals surface area contributed by atoms with Crippen molar-refractivity contribution < 1.29 is 24.5 Å². The molecule has 0 aliphatic carbocycles. The Balaban J connectivity index is 1.74. The van der Waals surface area contributed by atoms with Crippen molar-refractivity contribution in [1.29, 1.82) is 0 Å². The normalized spacial score (nSPS) is 11.7. The van der Waals surface area contributed by atoms with Crippen molar-refractivity contribution in [1.82, 2.24) is 9.88 Å². The summed E-state index contributed by atoms with van der Waals surface area (Å²) in [6, 6.07) is 22.2. The molecule has 0 aliphatic rings. The fourth-order valence-corrected chi connectivity index (χ4v) is 4.03. The maximum absolute atomic E-state index is 12.2. The molecule has 3 N–H and O–H groups in total. The Morgan fingerprint density at radius 1 is 1.00 bits per heavy atom. The zero-order valence-electron chi connectivity index (χ0n) is 20.1. The van der Waals surface area contributed by atoms with Crippen LogP contribution in [0.25, 0.3) is 10.9 Å². The number of carboxylic acids is 1. The molecular weight excluding hydrogens is 458 g/mol. The predicted molar refractivity (Wildman–Crippen MR) is 138 cm³/mol. The van der Waals surface area contributed by atoms with Crippen molar-refractivity contribution in [2.45, 2.75) is 13.5 Å². The molecule has 0 saturated heterocycles. The number of nitrogens with zero attached hydrogens (tertiary/aromatic N) is 2. The molecule has 4 aromatic rings. The molecular formula is C28H27N3O5. The number of carbonyl (C=O) groups excluding carboxylic acids is 1. The summed E-state index contributed by atoms with van der Waals surface area (Å²) in [6.45, 7) is 2.47. The first-order valence-electron chi connectivity index (χ1n) is 11.5. The van der Waals surface area contributed by atoms with Crippen molar-refractivity contribution in [3.05, 3.63) is 95.1 Å². The monoisotopic (exact) mass is 485 g/mol. The van der Waals surface area contributed by atoms with Gasteiger partial charge in [0.1, 0.15) is 0 Å². The Bertz CT molecular complexity index is 1410. The molecule has 0 amide bonds. The minimum atomic E-state index is -0.876. The van der Waals surface area contributed by atoms with Crippen molar-refractivity contribution in [2.24, 2.45) is 4.99 Å². The van der Waals surface area contributed by atoms with Gasteiger partial charge in [-0.2, -0.15) is 0 Å². The zero-order chi connectivity index (χ0) is 25.7. The lowest BCUT2D eigenvalue weighted by atomic mass is 10.00. The third kappa shape index (κ3) is 5.61. The van der Waals surface area contributed by atoms with E-state index in [1.165, 1.54) is 0 Å². The van der Waals surface area contributed by atoms with Crippen LogP contribution in [0, 0.1) is 0 Å². The maximum atomic E-state index is 12.2. The van der Waals surface area contributed by atoms with Gasteiger partial charge >= 0.3 is 11.9 Å².